The third-order valence-corrected chi connectivity index (χ3v) is 4.58. The minimum Gasteiger partial charge on any atom is -0.497 e. The zero-order chi connectivity index (χ0) is 18.5. The van der Waals surface area contributed by atoms with Crippen molar-refractivity contribution in [3.05, 3.63) is 48.0 Å². The van der Waals surface area contributed by atoms with Crippen molar-refractivity contribution in [1.82, 2.24) is 0 Å². The Bertz CT molecular complexity index is 755. The Morgan fingerprint density at radius 1 is 1.08 bits per heavy atom. The summed E-state index contributed by atoms with van der Waals surface area (Å²) in [4.78, 5) is 12.5. The van der Waals surface area contributed by atoms with E-state index < -0.39 is 0 Å². The molecule has 1 unspecified atom stereocenters. The number of anilines is 1. The van der Waals surface area contributed by atoms with E-state index in [4.69, 9.17) is 14.2 Å². The van der Waals surface area contributed by atoms with E-state index in [2.05, 4.69) is 19.2 Å². The normalized spacial score (nSPS) is 14.0. The van der Waals surface area contributed by atoms with Crippen LogP contribution in [-0.2, 0) is 4.79 Å². The minimum atomic E-state index is -0.0104. The first-order valence-electron chi connectivity index (χ1n) is 8.90. The molecule has 1 atom stereocenters. The van der Waals surface area contributed by atoms with Crippen molar-refractivity contribution in [2.24, 2.45) is 5.92 Å². The fourth-order valence-electron chi connectivity index (χ4n) is 3.12. The molecule has 1 aliphatic rings. The van der Waals surface area contributed by atoms with Crippen LogP contribution >= 0.6 is 0 Å². The lowest BCUT2D eigenvalue weighted by Gasteiger charge is -2.24. The van der Waals surface area contributed by atoms with Gasteiger partial charge in [-0.25, -0.2) is 0 Å². The number of ether oxygens (including phenoxy) is 3. The zero-order valence-corrected chi connectivity index (χ0v) is 15.5. The number of hydrogen-bond donors (Lipinski definition) is 1. The lowest BCUT2D eigenvalue weighted by Crippen LogP contribution is -2.19. The zero-order valence-electron chi connectivity index (χ0n) is 15.5. The highest BCUT2D eigenvalue weighted by molar-refractivity contribution is 5.91. The number of hydrogen-bond acceptors (Lipinski definition) is 4. The largest absolute Gasteiger partial charge is 0.497 e. The molecule has 3 rings (SSSR count). The highest BCUT2D eigenvalue weighted by atomic mass is 16.6. The number of carbonyl (C=O) groups is 1. The molecule has 0 spiro atoms. The molecule has 1 amide bonds. The number of methoxy groups -OCH3 is 1. The van der Waals surface area contributed by atoms with Gasteiger partial charge in [0.05, 0.1) is 7.11 Å². The minimum absolute atomic E-state index is 0.0104. The molecule has 0 fully saturated rings. The molecule has 1 aliphatic heterocycles. The maximum Gasteiger partial charge on any atom is 0.224 e. The van der Waals surface area contributed by atoms with Crippen molar-refractivity contribution in [1.29, 1.82) is 0 Å². The van der Waals surface area contributed by atoms with Crippen LogP contribution in [-0.4, -0.2) is 26.2 Å². The Kier molecular flexibility index (Phi) is 5.66. The fraction of sp³-hybridized carbons (Fsp3) is 0.381. The number of benzene rings is 2. The van der Waals surface area contributed by atoms with Gasteiger partial charge in [0.25, 0.3) is 0 Å². The molecule has 2 aromatic carbocycles. The highest BCUT2D eigenvalue weighted by Gasteiger charge is 2.22. The molecule has 1 N–H and O–H groups in total. The van der Waals surface area contributed by atoms with Gasteiger partial charge in [0, 0.05) is 12.1 Å². The topological polar surface area (TPSA) is 56.8 Å². The van der Waals surface area contributed by atoms with E-state index in [9.17, 15) is 4.79 Å². The molecular weight excluding hydrogens is 330 g/mol. The summed E-state index contributed by atoms with van der Waals surface area (Å²) >= 11 is 0. The first kappa shape index (κ1) is 18.1. The van der Waals surface area contributed by atoms with Gasteiger partial charge in [-0.05, 0) is 53.8 Å². The fourth-order valence-corrected chi connectivity index (χ4v) is 3.12. The molecule has 0 aliphatic carbocycles. The second-order valence-electron chi connectivity index (χ2n) is 6.73. The van der Waals surface area contributed by atoms with Gasteiger partial charge < -0.3 is 19.5 Å². The maximum atomic E-state index is 12.5. The second-order valence-corrected chi connectivity index (χ2v) is 6.73. The van der Waals surface area contributed by atoms with Crippen LogP contribution in [0.3, 0.4) is 0 Å². The lowest BCUT2D eigenvalue weighted by molar-refractivity contribution is -0.116. The Morgan fingerprint density at radius 3 is 2.42 bits per heavy atom. The second kappa shape index (κ2) is 8.13. The Balaban J connectivity index is 1.70. The van der Waals surface area contributed by atoms with Crippen molar-refractivity contribution in [2.45, 2.75) is 26.2 Å². The summed E-state index contributed by atoms with van der Waals surface area (Å²) in [6.07, 6.45) is 0.406. The van der Waals surface area contributed by atoms with Gasteiger partial charge in [-0.15, -0.1) is 0 Å². The van der Waals surface area contributed by atoms with Gasteiger partial charge in [-0.1, -0.05) is 19.9 Å². The summed E-state index contributed by atoms with van der Waals surface area (Å²) < 4.78 is 16.4. The molecule has 2 aromatic rings. The first-order valence-corrected chi connectivity index (χ1v) is 8.90. The summed E-state index contributed by atoms with van der Waals surface area (Å²) in [6.45, 7) is 5.38. The summed E-state index contributed by atoms with van der Waals surface area (Å²) in [6, 6.07) is 13.3. The standard InChI is InChI=1S/C21H25NO4/c1-14(2)18(15-4-9-19-20(12-15)26-11-10-25-19)13-21(23)22-16-5-7-17(24-3)8-6-16/h4-9,12,14,18H,10-11,13H2,1-3H3,(H,22,23). The van der Waals surface area contributed by atoms with Crippen LogP contribution in [0.15, 0.2) is 42.5 Å². The molecule has 0 saturated carbocycles. The Hall–Kier alpha value is -2.69. The van der Waals surface area contributed by atoms with Gasteiger partial charge >= 0.3 is 0 Å². The maximum absolute atomic E-state index is 12.5. The van der Waals surface area contributed by atoms with Crippen molar-refractivity contribution in [3.8, 4) is 17.2 Å². The highest BCUT2D eigenvalue weighted by Crippen LogP contribution is 2.36. The SMILES string of the molecule is COc1ccc(NC(=O)CC(c2ccc3c(c2)OCCO3)C(C)C)cc1. The monoisotopic (exact) mass is 355 g/mol. The molecule has 0 aromatic heterocycles. The molecule has 0 radical (unpaired) electrons. The molecule has 26 heavy (non-hydrogen) atoms. The predicted molar refractivity (Wildman–Crippen MR) is 101 cm³/mol. The number of carbonyl (C=O) groups excluding carboxylic acids is 1. The number of fused-ring (bicyclic) bond motifs is 1. The summed E-state index contributed by atoms with van der Waals surface area (Å²) in [5.74, 6) is 2.70. The predicted octanol–water partition coefficient (Wildman–Crippen LogP) is 4.23. The van der Waals surface area contributed by atoms with E-state index >= 15 is 0 Å². The Labute approximate surface area is 154 Å². The third-order valence-electron chi connectivity index (χ3n) is 4.58. The van der Waals surface area contributed by atoms with Crippen LogP contribution in [0.2, 0.25) is 0 Å². The average Bonchev–Trinajstić information content (AvgIpc) is 2.66. The van der Waals surface area contributed by atoms with Crippen LogP contribution in [0, 0.1) is 5.92 Å². The third kappa shape index (κ3) is 4.28. The van der Waals surface area contributed by atoms with Crippen LogP contribution in [0.4, 0.5) is 5.69 Å². The summed E-state index contributed by atoms with van der Waals surface area (Å²) in [5, 5.41) is 2.96. The van der Waals surface area contributed by atoms with Crippen molar-refractivity contribution in [2.75, 3.05) is 25.6 Å². The van der Waals surface area contributed by atoms with Crippen molar-refractivity contribution < 1.29 is 19.0 Å². The molecule has 5 heteroatoms. The van der Waals surface area contributed by atoms with Crippen LogP contribution in [0.1, 0.15) is 31.7 Å². The van der Waals surface area contributed by atoms with E-state index in [1.54, 1.807) is 7.11 Å². The van der Waals surface area contributed by atoms with Gasteiger partial charge in [0.2, 0.25) is 5.91 Å². The van der Waals surface area contributed by atoms with E-state index in [0.717, 1.165) is 28.5 Å². The number of nitrogens with one attached hydrogen (secondary N) is 1. The summed E-state index contributed by atoms with van der Waals surface area (Å²) in [5.41, 5.74) is 1.86. The van der Waals surface area contributed by atoms with Gasteiger partial charge in [0.1, 0.15) is 19.0 Å². The van der Waals surface area contributed by atoms with Crippen LogP contribution in [0.5, 0.6) is 17.2 Å². The Morgan fingerprint density at radius 2 is 1.77 bits per heavy atom. The van der Waals surface area contributed by atoms with Gasteiger partial charge in [-0.3, -0.25) is 4.79 Å². The van der Waals surface area contributed by atoms with Crippen molar-refractivity contribution >= 4 is 11.6 Å². The summed E-state index contributed by atoms with van der Waals surface area (Å²) in [7, 11) is 1.62. The van der Waals surface area contributed by atoms with Crippen LogP contribution < -0.4 is 19.5 Å². The van der Waals surface area contributed by atoms with E-state index in [-0.39, 0.29) is 11.8 Å². The van der Waals surface area contributed by atoms with Gasteiger partial charge in [0.15, 0.2) is 11.5 Å². The smallest absolute Gasteiger partial charge is 0.224 e. The van der Waals surface area contributed by atoms with E-state index in [0.29, 0.717) is 25.6 Å². The van der Waals surface area contributed by atoms with Crippen molar-refractivity contribution in [3.63, 3.8) is 0 Å². The van der Waals surface area contributed by atoms with Crippen LogP contribution in [0.25, 0.3) is 0 Å². The first-order chi connectivity index (χ1) is 12.6. The molecule has 5 nitrogen and oxygen atoms in total. The number of amides is 1. The number of rotatable bonds is 6. The molecule has 138 valence electrons. The molecule has 0 bridgehead atoms. The van der Waals surface area contributed by atoms with E-state index in [1.165, 1.54) is 0 Å². The molecule has 0 saturated heterocycles. The van der Waals surface area contributed by atoms with E-state index in [1.807, 2.05) is 42.5 Å². The average molecular weight is 355 g/mol. The lowest BCUT2D eigenvalue weighted by atomic mass is 9.85. The molecule has 1 heterocycles. The quantitative estimate of drug-likeness (QED) is 0.842. The molecular formula is C21H25NO4. The van der Waals surface area contributed by atoms with Gasteiger partial charge in [-0.2, -0.15) is 0 Å².